The predicted octanol–water partition coefficient (Wildman–Crippen LogP) is 3.34. The van der Waals surface area contributed by atoms with Gasteiger partial charge in [-0.3, -0.25) is 0 Å². The first-order valence-corrected chi connectivity index (χ1v) is 8.45. The summed E-state index contributed by atoms with van der Waals surface area (Å²) in [7, 11) is 0. The zero-order valence-electron chi connectivity index (χ0n) is 17.6. The molecule has 0 atom stereocenters. The molecule has 1 aliphatic heterocycles. The molecule has 0 aliphatic carbocycles. The quantitative estimate of drug-likeness (QED) is 0.702. The van der Waals surface area contributed by atoms with Crippen LogP contribution in [0.15, 0.2) is 0 Å². The lowest BCUT2D eigenvalue weighted by atomic mass is 9.86. The van der Waals surface area contributed by atoms with Crippen LogP contribution in [0, 0.1) is 0 Å². The molecule has 3 N–H and O–H groups in total. The number of rotatable bonds is 2. The maximum Gasteiger partial charge on any atom is 0.408 e. The first-order chi connectivity index (χ1) is 10.7. The van der Waals surface area contributed by atoms with Crippen LogP contribution in [-0.2, 0) is 9.47 Å². The van der Waals surface area contributed by atoms with Crippen LogP contribution in [0.1, 0.15) is 76.2 Å². The lowest BCUT2D eigenvalue weighted by molar-refractivity contribution is -0.0147. The molecule has 1 fully saturated rings. The standard InChI is InChI=1S/C11H23NO3.C7H13NO2/c1-9(2,3)15-8(13)12-10(4,5)11(6,7)14;1-6(2)7(3,4)10-5(9)8-6/h14H,1-7H3,(H,12,13);1-4H3,(H,8,9). The Morgan fingerprint density at radius 3 is 1.72 bits per heavy atom. The SMILES string of the molecule is CC(C)(C)OC(=O)NC(C)(C)C(C)(C)O.CC1(C)NC(=O)OC1(C)C. The fourth-order valence-electron chi connectivity index (χ4n) is 1.50. The fourth-order valence-corrected chi connectivity index (χ4v) is 1.50. The second kappa shape index (κ2) is 7.02. The van der Waals surface area contributed by atoms with E-state index in [-0.39, 0.29) is 11.6 Å². The van der Waals surface area contributed by atoms with Crippen molar-refractivity contribution >= 4 is 12.2 Å². The van der Waals surface area contributed by atoms with Crippen molar-refractivity contribution in [2.75, 3.05) is 0 Å². The zero-order valence-corrected chi connectivity index (χ0v) is 17.6. The van der Waals surface area contributed by atoms with E-state index in [2.05, 4.69) is 10.6 Å². The molecule has 0 radical (unpaired) electrons. The third-order valence-electron chi connectivity index (χ3n) is 4.61. The molecular formula is C18H36N2O5. The Morgan fingerprint density at radius 2 is 1.52 bits per heavy atom. The van der Waals surface area contributed by atoms with Gasteiger partial charge >= 0.3 is 12.2 Å². The summed E-state index contributed by atoms with van der Waals surface area (Å²) in [4.78, 5) is 22.2. The van der Waals surface area contributed by atoms with Gasteiger partial charge in [0, 0.05) is 0 Å². The molecule has 25 heavy (non-hydrogen) atoms. The lowest BCUT2D eigenvalue weighted by Crippen LogP contribution is -2.58. The van der Waals surface area contributed by atoms with Crippen molar-refractivity contribution in [3.05, 3.63) is 0 Å². The van der Waals surface area contributed by atoms with Gasteiger partial charge < -0.3 is 25.2 Å². The molecule has 0 aromatic rings. The van der Waals surface area contributed by atoms with Gasteiger partial charge in [-0.1, -0.05) is 0 Å². The van der Waals surface area contributed by atoms with Gasteiger partial charge in [-0.25, -0.2) is 9.59 Å². The van der Waals surface area contributed by atoms with Crippen LogP contribution in [0.3, 0.4) is 0 Å². The topological polar surface area (TPSA) is 96.9 Å². The van der Waals surface area contributed by atoms with Crippen molar-refractivity contribution in [3.8, 4) is 0 Å². The molecule has 0 bridgehead atoms. The van der Waals surface area contributed by atoms with Crippen molar-refractivity contribution in [2.24, 2.45) is 0 Å². The Hall–Kier alpha value is -1.50. The molecule has 0 aromatic heterocycles. The number of nitrogens with one attached hydrogen (secondary N) is 2. The third-order valence-corrected chi connectivity index (χ3v) is 4.61. The Bertz CT molecular complexity index is 479. The van der Waals surface area contributed by atoms with Crippen LogP contribution >= 0.6 is 0 Å². The molecule has 1 aliphatic rings. The van der Waals surface area contributed by atoms with E-state index in [1.807, 2.05) is 27.7 Å². The fraction of sp³-hybridized carbons (Fsp3) is 0.889. The highest BCUT2D eigenvalue weighted by Crippen LogP contribution is 2.30. The molecule has 0 unspecified atom stereocenters. The number of hydrogen-bond donors (Lipinski definition) is 3. The first-order valence-electron chi connectivity index (χ1n) is 8.45. The normalized spacial score (nSPS) is 19.1. The Labute approximate surface area is 151 Å². The number of carbonyl (C=O) groups is 2. The molecule has 0 spiro atoms. The molecule has 1 heterocycles. The highest BCUT2D eigenvalue weighted by Gasteiger charge is 2.47. The van der Waals surface area contributed by atoms with Crippen molar-refractivity contribution < 1.29 is 24.2 Å². The van der Waals surface area contributed by atoms with Gasteiger partial charge in [0.05, 0.1) is 16.7 Å². The van der Waals surface area contributed by atoms with E-state index in [0.717, 1.165) is 0 Å². The molecule has 7 heteroatoms. The third kappa shape index (κ3) is 7.10. The van der Waals surface area contributed by atoms with Crippen LogP contribution in [0.2, 0.25) is 0 Å². The number of hydrogen-bond acceptors (Lipinski definition) is 5. The molecule has 0 aromatic carbocycles. The van der Waals surface area contributed by atoms with E-state index in [9.17, 15) is 14.7 Å². The summed E-state index contributed by atoms with van der Waals surface area (Å²) >= 11 is 0. The minimum atomic E-state index is -1.01. The van der Waals surface area contributed by atoms with Crippen molar-refractivity contribution in [2.45, 2.75) is 104 Å². The number of aliphatic hydroxyl groups is 1. The zero-order chi connectivity index (χ0) is 20.5. The molecule has 2 amide bonds. The van der Waals surface area contributed by atoms with Crippen LogP contribution in [0.25, 0.3) is 0 Å². The second-order valence-corrected chi connectivity index (χ2v) is 9.46. The smallest absolute Gasteiger partial charge is 0.408 e. The maximum absolute atomic E-state index is 11.5. The van der Waals surface area contributed by atoms with E-state index >= 15 is 0 Å². The number of cyclic esters (lactones) is 1. The average Bonchev–Trinajstić information content (AvgIpc) is 2.39. The maximum atomic E-state index is 11.5. The van der Waals surface area contributed by atoms with Gasteiger partial charge in [0.25, 0.3) is 0 Å². The molecule has 148 valence electrons. The summed E-state index contributed by atoms with van der Waals surface area (Å²) < 4.78 is 10.1. The van der Waals surface area contributed by atoms with E-state index in [1.54, 1.807) is 48.5 Å². The molecular weight excluding hydrogens is 324 g/mol. The number of alkyl carbamates (subject to hydrolysis) is 2. The van der Waals surface area contributed by atoms with E-state index in [1.165, 1.54) is 0 Å². The second-order valence-electron chi connectivity index (χ2n) is 9.46. The van der Waals surface area contributed by atoms with Gasteiger partial charge in [-0.15, -0.1) is 0 Å². The summed E-state index contributed by atoms with van der Waals surface area (Å²) in [5, 5.41) is 15.2. The minimum absolute atomic E-state index is 0.260. The van der Waals surface area contributed by atoms with Crippen molar-refractivity contribution in [1.82, 2.24) is 10.6 Å². The summed E-state index contributed by atoms with van der Waals surface area (Å²) in [6, 6.07) is 0. The highest BCUT2D eigenvalue weighted by atomic mass is 16.6. The minimum Gasteiger partial charge on any atom is -0.444 e. The number of ether oxygens (including phenoxy) is 2. The van der Waals surface area contributed by atoms with Gasteiger partial charge in [0.15, 0.2) is 0 Å². The molecule has 0 saturated carbocycles. The first kappa shape index (κ1) is 23.5. The number of amides is 2. The molecule has 1 saturated heterocycles. The van der Waals surface area contributed by atoms with Gasteiger partial charge in [-0.2, -0.15) is 0 Å². The summed E-state index contributed by atoms with van der Waals surface area (Å²) in [6.45, 7) is 19.8. The monoisotopic (exact) mass is 360 g/mol. The number of carbonyl (C=O) groups excluding carboxylic acids is 2. The van der Waals surface area contributed by atoms with Gasteiger partial charge in [-0.05, 0) is 76.2 Å². The lowest BCUT2D eigenvalue weighted by Gasteiger charge is -2.38. The van der Waals surface area contributed by atoms with E-state index in [4.69, 9.17) is 9.47 Å². The summed E-state index contributed by atoms with van der Waals surface area (Å²) in [6.07, 6.45) is -0.843. The van der Waals surface area contributed by atoms with Crippen LogP contribution in [-0.4, -0.2) is 45.2 Å². The Kier molecular flexibility index (Phi) is 6.60. The largest absolute Gasteiger partial charge is 0.444 e. The van der Waals surface area contributed by atoms with E-state index in [0.29, 0.717) is 0 Å². The predicted molar refractivity (Wildman–Crippen MR) is 97.5 cm³/mol. The van der Waals surface area contributed by atoms with Crippen LogP contribution in [0.4, 0.5) is 9.59 Å². The van der Waals surface area contributed by atoms with Crippen LogP contribution < -0.4 is 10.6 Å². The van der Waals surface area contributed by atoms with Gasteiger partial charge in [0.1, 0.15) is 11.2 Å². The average molecular weight is 360 g/mol. The molecule has 7 nitrogen and oxygen atoms in total. The van der Waals surface area contributed by atoms with Gasteiger partial charge in [0.2, 0.25) is 0 Å². The van der Waals surface area contributed by atoms with Crippen LogP contribution in [0.5, 0.6) is 0 Å². The van der Waals surface area contributed by atoms with Crippen molar-refractivity contribution in [1.29, 1.82) is 0 Å². The summed E-state index contributed by atoms with van der Waals surface area (Å²) in [5.74, 6) is 0. The molecule has 1 rings (SSSR count). The Morgan fingerprint density at radius 1 is 1.08 bits per heavy atom. The Balaban J connectivity index is 0.000000496. The summed E-state index contributed by atoms with van der Waals surface area (Å²) in [5.41, 5.74) is -2.94. The highest BCUT2D eigenvalue weighted by molar-refractivity contribution is 5.72. The van der Waals surface area contributed by atoms with Crippen molar-refractivity contribution in [3.63, 3.8) is 0 Å². The van der Waals surface area contributed by atoms with E-state index < -0.39 is 28.4 Å².